The van der Waals surface area contributed by atoms with Crippen LogP contribution in [0, 0.1) is 0 Å². The van der Waals surface area contributed by atoms with Crippen molar-refractivity contribution in [3.05, 3.63) is 46.6 Å². The van der Waals surface area contributed by atoms with Gasteiger partial charge in [0.2, 0.25) is 5.88 Å². The standard InChI is InChI=1S/C14H14BrF2N3O2/c1-20(18)10-4-2-5-11(22-14(16)17)9(10)8-21-13-7-3-6-12(15)19-13/h2-7,14H,8,18H2,1H3. The molecular weight excluding hydrogens is 360 g/mol. The summed E-state index contributed by atoms with van der Waals surface area (Å²) in [6.45, 7) is -2.94. The quantitative estimate of drug-likeness (QED) is 0.478. The van der Waals surface area contributed by atoms with Gasteiger partial charge in [0.05, 0.1) is 11.3 Å². The highest BCUT2D eigenvalue weighted by Gasteiger charge is 2.16. The summed E-state index contributed by atoms with van der Waals surface area (Å²) in [6, 6.07) is 9.87. The molecule has 0 saturated carbocycles. The van der Waals surface area contributed by atoms with E-state index in [0.29, 0.717) is 21.7 Å². The lowest BCUT2D eigenvalue weighted by Gasteiger charge is -2.20. The second-order valence-electron chi connectivity index (χ2n) is 4.33. The molecule has 0 radical (unpaired) electrons. The van der Waals surface area contributed by atoms with Crippen molar-refractivity contribution >= 4 is 21.6 Å². The number of hydrogen-bond donors (Lipinski definition) is 1. The first-order valence-corrected chi connectivity index (χ1v) is 7.07. The third kappa shape index (κ3) is 4.28. The van der Waals surface area contributed by atoms with Gasteiger partial charge >= 0.3 is 6.61 Å². The average molecular weight is 374 g/mol. The minimum absolute atomic E-state index is 0.0107. The summed E-state index contributed by atoms with van der Waals surface area (Å²) in [6.07, 6.45) is 0. The molecular formula is C14H14BrF2N3O2. The SMILES string of the molecule is CN(N)c1cccc(OC(F)F)c1COc1cccc(Br)n1. The van der Waals surface area contributed by atoms with Gasteiger partial charge in [0.15, 0.2) is 0 Å². The Kier molecular flexibility index (Phi) is 5.51. The maximum atomic E-state index is 12.5. The molecule has 0 atom stereocenters. The van der Waals surface area contributed by atoms with E-state index in [1.165, 1.54) is 11.1 Å². The molecule has 0 amide bonds. The summed E-state index contributed by atoms with van der Waals surface area (Å²) in [5.41, 5.74) is 0.933. The molecule has 118 valence electrons. The van der Waals surface area contributed by atoms with E-state index in [1.54, 1.807) is 37.4 Å². The van der Waals surface area contributed by atoms with Crippen LogP contribution in [0.5, 0.6) is 11.6 Å². The Morgan fingerprint density at radius 1 is 1.27 bits per heavy atom. The van der Waals surface area contributed by atoms with E-state index in [0.717, 1.165) is 0 Å². The molecule has 1 heterocycles. The molecule has 2 N–H and O–H groups in total. The molecule has 22 heavy (non-hydrogen) atoms. The molecule has 0 aliphatic carbocycles. The minimum atomic E-state index is -2.93. The number of aromatic nitrogens is 1. The molecule has 1 aromatic carbocycles. The highest BCUT2D eigenvalue weighted by atomic mass is 79.9. The van der Waals surface area contributed by atoms with Crippen LogP contribution in [0.15, 0.2) is 41.0 Å². The fourth-order valence-corrected chi connectivity index (χ4v) is 2.18. The largest absolute Gasteiger partial charge is 0.473 e. The Morgan fingerprint density at radius 3 is 2.64 bits per heavy atom. The lowest BCUT2D eigenvalue weighted by molar-refractivity contribution is -0.0508. The second kappa shape index (κ2) is 7.37. The monoisotopic (exact) mass is 373 g/mol. The first-order valence-electron chi connectivity index (χ1n) is 6.28. The maximum Gasteiger partial charge on any atom is 0.387 e. The van der Waals surface area contributed by atoms with E-state index < -0.39 is 6.61 Å². The Balaban J connectivity index is 2.26. The van der Waals surface area contributed by atoms with Gasteiger partial charge in [-0.2, -0.15) is 8.78 Å². The van der Waals surface area contributed by atoms with Crippen LogP contribution in [0.4, 0.5) is 14.5 Å². The lowest BCUT2D eigenvalue weighted by atomic mass is 10.1. The number of nitrogens with zero attached hydrogens (tertiary/aromatic N) is 2. The van der Waals surface area contributed by atoms with Gasteiger partial charge in [0, 0.05) is 13.1 Å². The molecule has 8 heteroatoms. The maximum absolute atomic E-state index is 12.5. The molecule has 0 aliphatic heterocycles. The molecule has 0 unspecified atom stereocenters. The third-order valence-corrected chi connectivity index (χ3v) is 3.20. The highest BCUT2D eigenvalue weighted by molar-refractivity contribution is 9.10. The van der Waals surface area contributed by atoms with Crippen LogP contribution in [-0.4, -0.2) is 18.6 Å². The van der Waals surface area contributed by atoms with Gasteiger partial charge in [-0.1, -0.05) is 12.1 Å². The fourth-order valence-electron chi connectivity index (χ4n) is 1.85. The summed E-state index contributed by atoms with van der Waals surface area (Å²) < 4.78 is 35.7. The van der Waals surface area contributed by atoms with Gasteiger partial charge in [-0.05, 0) is 34.1 Å². The van der Waals surface area contributed by atoms with Gasteiger partial charge < -0.3 is 14.5 Å². The number of nitrogens with two attached hydrogens (primary N) is 1. The van der Waals surface area contributed by atoms with Crippen LogP contribution >= 0.6 is 15.9 Å². The first-order chi connectivity index (χ1) is 10.5. The molecule has 5 nitrogen and oxygen atoms in total. The van der Waals surface area contributed by atoms with Crippen LogP contribution in [0.2, 0.25) is 0 Å². The summed E-state index contributed by atoms with van der Waals surface area (Å²) in [5.74, 6) is 6.09. The zero-order valence-corrected chi connectivity index (χ0v) is 13.3. The average Bonchev–Trinajstić information content (AvgIpc) is 2.45. The third-order valence-electron chi connectivity index (χ3n) is 2.76. The normalized spacial score (nSPS) is 10.6. The molecule has 0 saturated heterocycles. The number of alkyl halides is 2. The first kappa shape index (κ1) is 16.4. The number of benzene rings is 1. The van der Waals surface area contributed by atoms with Crippen molar-refractivity contribution in [1.29, 1.82) is 0 Å². The van der Waals surface area contributed by atoms with Gasteiger partial charge in [0.25, 0.3) is 0 Å². The number of halogens is 3. The predicted molar refractivity (Wildman–Crippen MR) is 81.9 cm³/mol. The predicted octanol–water partition coefficient (Wildman–Crippen LogP) is 3.33. The molecule has 0 spiro atoms. The van der Waals surface area contributed by atoms with Crippen molar-refractivity contribution in [2.24, 2.45) is 5.84 Å². The fraction of sp³-hybridized carbons (Fsp3) is 0.214. The van der Waals surface area contributed by atoms with Crippen molar-refractivity contribution in [3.63, 3.8) is 0 Å². The number of rotatable bonds is 6. The van der Waals surface area contributed by atoms with E-state index in [2.05, 4.69) is 25.7 Å². The van der Waals surface area contributed by atoms with E-state index in [4.69, 9.17) is 10.6 Å². The van der Waals surface area contributed by atoms with E-state index in [9.17, 15) is 8.78 Å². The van der Waals surface area contributed by atoms with Crippen molar-refractivity contribution < 1.29 is 18.3 Å². The van der Waals surface area contributed by atoms with Crippen LogP contribution in [0.3, 0.4) is 0 Å². The van der Waals surface area contributed by atoms with E-state index in [-0.39, 0.29) is 12.4 Å². The Labute approximate surface area is 134 Å². The van der Waals surface area contributed by atoms with Crippen molar-refractivity contribution in [1.82, 2.24) is 4.98 Å². The number of hydrazine groups is 1. The molecule has 2 aromatic rings. The van der Waals surface area contributed by atoms with Gasteiger partial charge in [-0.25, -0.2) is 10.8 Å². The van der Waals surface area contributed by atoms with Gasteiger partial charge in [-0.3, -0.25) is 0 Å². The molecule has 0 fully saturated rings. The molecule has 2 rings (SSSR count). The molecule has 0 aliphatic rings. The van der Waals surface area contributed by atoms with E-state index in [1.807, 2.05) is 0 Å². The second-order valence-corrected chi connectivity index (χ2v) is 5.14. The number of ether oxygens (including phenoxy) is 2. The van der Waals surface area contributed by atoms with Crippen LogP contribution in [-0.2, 0) is 6.61 Å². The summed E-state index contributed by atoms with van der Waals surface area (Å²) in [5, 5.41) is 1.31. The van der Waals surface area contributed by atoms with Gasteiger partial charge in [-0.15, -0.1) is 0 Å². The molecule has 0 bridgehead atoms. The number of hydrogen-bond acceptors (Lipinski definition) is 5. The summed E-state index contributed by atoms with van der Waals surface area (Å²) in [4.78, 5) is 4.11. The summed E-state index contributed by atoms with van der Waals surface area (Å²) >= 11 is 3.23. The van der Waals surface area contributed by atoms with E-state index >= 15 is 0 Å². The summed E-state index contributed by atoms with van der Waals surface area (Å²) in [7, 11) is 1.60. The van der Waals surface area contributed by atoms with Crippen LogP contribution < -0.4 is 20.3 Å². The zero-order valence-electron chi connectivity index (χ0n) is 11.7. The van der Waals surface area contributed by atoms with Crippen LogP contribution in [0.25, 0.3) is 0 Å². The van der Waals surface area contributed by atoms with Crippen LogP contribution in [0.1, 0.15) is 5.56 Å². The van der Waals surface area contributed by atoms with Crippen molar-refractivity contribution in [3.8, 4) is 11.6 Å². The Morgan fingerprint density at radius 2 is 2.00 bits per heavy atom. The molecule has 1 aromatic heterocycles. The number of anilines is 1. The number of pyridine rings is 1. The topological polar surface area (TPSA) is 60.6 Å². The Bertz CT molecular complexity index is 641. The van der Waals surface area contributed by atoms with Crippen molar-refractivity contribution in [2.75, 3.05) is 12.1 Å². The zero-order chi connectivity index (χ0) is 16.1. The minimum Gasteiger partial charge on any atom is -0.473 e. The van der Waals surface area contributed by atoms with Gasteiger partial charge in [0.1, 0.15) is 17.0 Å². The highest BCUT2D eigenvalue weighted by Crippen LogP contribution is 2.30. The Hall–Kier alpha value is -1.93. The lowest BCUT2D eigenvalue weighted by Crippen LogP contribution is -2.27. The van der Waals surface area contributed by atoms with Crippen molar-refractivity contribution in [2.45, 2.75) is 13.2 Å². The smallest absolute Gasteiger partial charge is 0.387 e.